The number of hydrogen-bond donors (Lipinski definition) is 2. The van der Waals surface area contributed by atoms with E-state index in [1.165, 1.54) is 11.8 Å². The van der Waals surface area contributed by atoms with Crippen LogP contribution in [0, 0.1) is 5.92 Å². The summed E-state index contributed by atoms with van der Waals surface area (Å²) in [6.07, 6.45) is 4.15. The molecule has 100 valence electrons. The van der Waals surface area contributed by atoms with Gasteiger partial charge >= 0.3 is 0 Å². The van der Waals surface area contributed by atoms with Crippen LogP contribution in [-0.4, -0.2) is 27.3 Å². The van der Waals surface area contributed by atoms with Crippen molar-refractivity contribution in [3.8, 4) is 0 Å². The van der Waals surface area contributed by atoms with Gasteiger partial charge in [-0.05, 0) is 43.2 Å². The zero-order chi connectivity index (χ0) is 13.2. The highest BCUT2D eigenvalue weighted by Crippen LogP contribution is 2.31. The van der Waals surface area contributed by atoms with E-state index in [4.69, 9.17) is 5.73 Å². The molecule has 6 heteroatoms. The largest absolute Gasteiger partial charge is 0.326 e. The first-order chi connectivity index (χ1) is 8.53. The van der Waals surface area contributed by atoms with Gasteiger partial charge in [0.15, 0.2) is 0 Å². The van der Waals surface area contributed by atoms with Gasteiger partial charge in [0.1, 0.15) is 0 Å². The normalized spacial score (nSPS) is 17.7. The van der Waals surface area contributed by atoms with Crippen molar-refractivity contribution in [2.45, 2.75) is 28.7 Å². The van der Waals surface area contributed by atoms with E-state index < -0.39 is 10.0 Å². The van der Waals surface area contributed by atoms with Crippen LogP contribution < -0.4 is 10.5 Å². The molecule has 1 aliphatic rings. The summed E-state index contributed by atoms with van der Waals surface area (Å²) in [4.78, 5) is 1.24. The van der Waals surface area contributed by atoms with E-state index in [-0.39, 0.29) is 6.04 Å². The minimum atomic E-state index is -3.44. The third-order valence-corrected chi connectivity index (χ3v) is 5.23. The second-order valence-corrected chi connectivity index (χ2v) is 7.18. The molecule has 0 radical (unpaired) electrons. The predicted octanol–water partition coefficient (Wildman–Crippen LogP) is 1.42. The van der Waals surface area contributed by atoms with Gasteiger partial charge in [0.25, 0.3) is 0 Å². The average molecular weight is 286 g/mol. The molecule has 18 heavy (non-hydrogen) atoms. The maximum Gasteiger partial charge on any atom is 0.240 e. The number of nitrogens with one attached hydrogen (secondary N) is 1. The van der Waals surface area contributed by atoms with Crippen molar-refractivity contribution in [2.24, 2.45) is 11.7 Å². The molecule has 2 rings (SSSR count). The zero-order valence-corrected chi connectivity index (χ0v) is 11.9. The summed E-state index contributed by atoms with van der Waals surface area (Å²) in [5.74, 6) is 0.491. The van der Waals surface area contributed by atoms with Gasteiger partial charge in [0, 0.05) is 17.5 Å². The molecule has 0 aliphatic heterocycles. The molecule has 0 saturated heterocycles. The highest BCUT2D eigenvalue weighted by atomic mass is 32.2. The minimum absolute atomic E-state index is 0.0662. The molecule has 1 atom stereocenters. The van der Waals surface area contributed by atoms with Crippen LogP contribution in [0.3, 0.4) is 0 Å². The molecule has 1 saturated carbocycles. The molecule has 0 amide bonds. The summed E-state index contributed by atoms with van der Waals surface area (Å²) < 4.78 is 26.7. The number of benzene rings is 1. The Morgan fingerprint density at radius 2 is 2.22 bits per heavy atom. The van der Waals surface area contributed by atoms with Gasteiger partial charge in [0.2, 0.25) is 10.0 Å². The fraction of sp³-hybridized carbons (Fsp3) is 0.500. The first-order valence-corrected chi connectivity index (χ1v) is 8.63. The Kier molecular flexibility index (Phi) is 4.32. The molecule has 3 N–H and O–H groups in total. The number of thioether (sulfide) groups is 1. The van der Waals surface area contributed by atoms with E-state index in [9.17, 15) is 8.42 Å². The van der Waals surface area contributed by atoms with Gasteiger partial charge in [-0.15, -0.1) is 11.8 Å². The molecular weight excluding hydrogens is 268 g/mol. The molecule has 0 aromatic heterocycles. The lowest BCUT2D eigenvalue weighted by Crippen LogP contribution is -2.38. The second-order valence-electron chi connectivity index (χ2n) is 4.53. The fourth-order valence-electron chi connectivity index (χ4n) is 1.75. The summed E-state index contributed by atoms with van der Waals surface area (Å²) >= 11 is 1.52. The topological polar surface area (TPSA) is 72.2 Å². The lowest BCUT2D eigenvalue weighted by molar-refractivity contribution is 0.547. The second kappa shape index (κ2) is 5.61. The van der Waals surface area contributed by atoms with E-state index in [0.29, 0.717) is 17.4 Å². The number of nitrogens with two attached hydrogens (primary N) is 1. The van der Waals surface area contributed by atoms with E-state index in [1.54, 1.807) is 18.2 Å². The van der Waals surface area contributed by atoms with E-state index >= 15 is 0 Å². The van der Waals surface area contributed by atoms with Crippen LogP contribution in [0.15, 0.2) is 34.1 Å². The zero-order valence-electron chi connectivity index (χ0n) is 10.3. The van der Waals surface area contributed by atoms with Crippen molar-refractivity contribution >= 4 is 21.8 Å². The predicted molar refractivity (Wildman–Crippen MR) is 74.1 cm³/mol. The number of sulfonamides is 1. The third-order valence-electron chi connectivity index (χ3n) is 3.09. The summed E-state index contributed by atoms with van der Waals surface area (Å²) in [5, 5.41) is 0. The van der Waals surface area contributed by atoms with E-state index in [2.05, 4.69) is 4.72 Å². The molecule has 1 fully saturated rings. The van der Waals surface area contributed by atoms with Crippen LogP contribution in [-0.2, 0) is 10.0 Å². The van der Waals surface area contributed by atoms with Crippen LogP contribution in [0.1, 0.15) is 12.8 Å². The van der Waals surface area contributed by atoms with Gasteiger partial charge in [-0.3, -0.25) is 0 Å². The summed E-state index contributed by atoms with van der Waals surface area (Å²) in [6, 6.07) is 6.85. The molecule has 4 nitrogen and oxygen atoms in total. The van der Waals surface area contributed by atoms with Crippen molar-refractivity contribution in [2.75, 3.05) is 12.8 Å². The van der Waals surface area contributed by atoms with Gasteiger partial charge in [-0.25, -0.2) is 13.1 Å². The Morgan fingerprint density at radius 1 is 1.50 bits per heavy atom. The Labute approximate surface area is 112 Å². The van der Waals surface area contributed by atoms with Crippen molar-refractivity contribution in [3.63, 3.8) is 0 Å². The van der Waals surface area contributed by atoms with Crippen molar-refractivity contribution in [3.05, 3.63) is 24.3 Å². The van der Waals surface area contributed by atoms with Crippen molar-refractivity contribution < 1.29 is 8.42 Å². The first kappa shape index (κ1) is 13.9. The van der Waals surface area contributed by atoms with E-state index in [0.717, 1.165) is 17.7 Å². The van der Waals surface area contributed by atoms with E-state index in [1.807, 2.05) is 12.3 Å². The SMILES string of the molecule is CSc1cccc(S(=O)(=O)NCC(N)C2CC2)c1. The average Bonchev–Trinajstić information content (AvgIpc) is 3.20. The van der Waals surface area contributed by atoms with Crippen LogP contribution in [0.25, 0.3) is 0 Å². The summed E-state index contributed by atoms with van der Waals surface area (Å²) in [6.45, 7) is 0.316. The fourth-order valence-corrected chi connectivity index (χ4v) is 3.40. The van der Waals surface area contributed by atoms with Gasteiger partial charge in [0.05, 0.1) is 4.90 Å². The van der Waals surface area contributed by atoms with Crippen molar-refractivity contribution in [1.29, 1.82) is 0 Å². The molecule has 0 spiro atoms. The molecule has 0 bridgehead atoms. The maximum atomic E-state index is 12.1. The van der Waals surface area contributed by atoms with Crippen LogP contribution >= 0.6 is 11.8 Å². The minimum Gasteiger partial charge on any atom is -0.326 e. The Hall–Kier alpha value is -0.560. The highest BCUT2D eigenvalue weighted by Gasteiger charge is 2.29. The number of hydrogen-bond acceptors (Lipinski definition) is 4. The molecule has 1 aromatic carbocycles. The monoisotopic (exact) mass is 286 g/mol. The molecule has 1 aliphatic carbocycles. The Bertz CT molecular complexity index is 513. The summed E-state index contributed by atoms with van der Waals surface area (Å²) in [5.41, 5.74) is 5.89. The number of rotatable bonds is 6. The highest BCUT2D eigenvalue weighted by molar-refractivity contribution is 7.98. The van der Waals surface area contributed by atoms with Crippen molar-refractivity contribution in [1.82, 2.24) is 4.72 Å². The third kappa shape index (κ3) is 3.47. The quantitative estimate of drug-likeness (QED) is 0.776. The molecular formula is C12H18N2O2S2. The van der Waals surface area contributed by atoms with Gasteiger partial charge in [-0.2, -0.15) is 0 Å². The molecule has 1 aromatic rings. The molecule has 1 unspecified atom stereocenters. The maximum absolute atomic E-state index is 12.1. The smallest absolute Gasteiger partial charge is 0.240 e. The van der Waals surface area contributed by atoms with Crippen LogP contribution in [0.2, 0.25) is 0 Å². The Balaban J connectivity index is 2.04. The Morgan fingerprint density at radius 3 is 2.83 bits per heavy atom. The molecule has 0 heterocycles. The van der Waals surface area contributed by atoms with Gasteiger partial charge < -0.3 is 5.73 Å². The van der Waals surface area contributed by atoms with Gasteiger partial charge in [-0.1, -0.05) is 6.07 Å². The van der Waals surface area contributed by atoms with Crippen LogP contribution in [0.5, 0.6) is 0 Å². The van der Waals surface area contributed by atoms with Crippen LogP contribution in [0.4, 0.5) is 0 Å². The summed E-state index contributed by atoms with van der Waals surface area (Å²) in [7, 11) is -3.44. The lowest BCUT2D eigenvalue weighted by atomic mass is 10.2. The first-order valence-electron chi connectivity index (χ1n) is 5.92. The lowest BCUT2D eigenvalue weighted by Gasteiger charge is -2.12. The standard InChI is InChI=1S/C12H18N2O2S2/c1-17-10-3-2-4-11(7-10)18(15,16)14-8-12(13)9-5-6-9/h2-4,7,9,12,14H,5-6,8,13H2,1H3.